The summed E-state index contributed by atoms with van der Waals surface area (Å²) in [6.45, 7) is 7.98. The van der Waals surface area contributed by atoms with Gasteiger partial charge in [0.2, 0.25) is 0 Å². The summed E-state index contributed by atoms with van der Waals surface area (Å²) in [5.74, 6) is 0. The lowest BCUT2D eigenvalue weighted by Crippen LogP contribution is -2.38. The molecule has 0 aliphatic heterocycles. The summed E-state index contributed by atoms with van der Waals surface area (Å²) in [6.07, 6.45) is 0. The smallest absolute Gasteiger partial charge is 0.298 e. The quantitative estimate of drug-likeness (QED) is 0.649. The fourth-order valence-corrected chi connectivity index (χ4v) is 2.10. The van der Waals surface area contributed by atoms with E-state index in [1.165, 1.54) is 6.07 Å². The molecule has 1 aromatic heterocycles. The largest absolute Gasteiger partial charge is 0.423 e. The van der Waals surface area contributed by atoms with E-state index in [1.807, 2.05) is 11.8 Å². The van der Waals surface area contributed by atoms with Crippen LogP contribution in [0.1, 0.15) is 20.8 Å². The molecule has 2 rings (SSSR count). The first-order valence-electron chi connectivity index (χ1n) is 6.87. The Kier molecular flexibility index (Phi) is 4.13. The van der Waals surface area contributed by atoms with Crippen LogP contribution in [-0.2, 0) is 0 Å². The van der Waals surface area contributed by atoms with Crippen LogP contribution in [0.4, 0.5) is 11.7 Å². The van der Waals surface area contributed by atoms with Crippen molar-refractivity contribution in [2.75, 3.05) is 24.5 Å². The van der Waals surface area contributed by atoms with Crippen LogP contribution in [0.5, 0.6) is 0 Å². The van der Waals surface area contributed by atoms with Crippen molar-refractivity contribution in [1.29, 1.82) is 0 Å². The number of oxazole rings is 1. The number of para-hydroxylation sites is 1. The van der Waals surface area contributed by atoms with Crippen LogP contribution in [0.15, 0.2) is 22.6 Å². The third-order valence-electron chi connectivity index (χ3n) is 3.41. The Hall–Kier alpha value is -2.15. The fraction of sp³-hybridized carbons (Fsp3) is 0.500. The van der Waals surface area contributed by atoms with Gasteiger partial charge in [0.05, 0.1) is 4.92 Å². The normalized spacial score (nSPS) is 11.8. The van der Waals surface area contributed by atoms with Gasteiger partial charge >= 0.3 is 0 Å². The summed E-state index contributed by atoms with van der Waals surface area (Å²) >= 11 is 0. The molecule has 0 amide bonds. The number of anilines is 1. The number of nitro benzene ring substituents is 1. The molecule has 0 saturated carbocycles. The summed E-state index contributed by atoms with van der Waals surface area (Å²) in [5.41, 5.74) is 6.32. The van der Waals surface area contributed by atoms with E-state index in [0.29, 0.717) is 31.2 Å². The van der Waals surface area contributed by atoms with E-state index in [9.17, 15) is 10.1 Å². The summed E-state index contributed by atoms with van der Waals surface area (Å²) in [4.78, 5) is 16.8. The maximum atomic E-state index is 11.0. The van der Waals surface area contributed by atoms with Crippen molar-refractivity contribution >= 4 is 22.8 Å². The Morgan fingerprint density at radius 1 is 1.48 bits per heavy atom. The maximum absolute atomic E-state index is 11.0. The standard InChI is InChI=1S/C14H20N4O3/c1-4-17(9-14(2,3)8-15)13-16-12-10(18(19)20)6-5-7-11(12)21-13/h5-7H,4,8-9,15H2,1-3H3. The minimum Gasteiger partial charge on any atom is -0.423 e. The van der Waals surface area contributed by atoms with Crippen molar-refractivity contribution in [2.45, 2.75) is 20.8 Å². The predicted molar refractivity (Wildman–Crippen MR) is 81.4 cm³/mol. The molecule has 0 aliphatic carbocycles. The second-order valence-corrected chi connectivity index (χ2v) is 5.76. The van der Waals surface area contributed by atoms with Gasteiger partial charge in [-0.25, -0.2) is 0 Å². The Balaban J connectivity index is 2.41. The van der Waals surface area contributed by atoms with Gasteiger partial charge in [-0.1, -0.05) is 19.9 Å². The van der Waals surface area contributed by atoms with Gasteiger partial charge in [-0.3, -0.25) is 10.1 Å². The molecule has 7 heteroatoms. The average molecular weight is 292 g/mol. The Bertz CT molecular complexity index is 651. The van der Waals surface area contributed by atoms with E-state index >= 15 is 0 Å². The van der Waals surface area contributed by atoms with Crippen molar-refractivity contribution in [3.05, 3.63) is 28.3 Å². The van der Waals surface area contributed by atoms with Crippen molar-refractivity contribution in [3.8, 4) is 0 Å². The van der Waals surface area contributed by atoms with Crippen molar-refractivity contribution in [3.63, 3.8) is 0 Å². The van der Waals surface area contributed by atoms with Gasteiger partial charge in [0.1, 0.15) is 0 Å². The van der Waals surface area contributed by atoms with E-state index in [0.717, 1.165) is 0 Å². The molecule has 0 spiro atoms. The zero-order chi connectivity index (χ0) is 15.6. The zero-order valence-corrected chi connectivity index (χ0v) is 12.5. The lowest BCUT2D eigenvalue weighted by atomic mass is 9.93. The van der Waals surface area contributed by atoms with Crippen LogP contribution < -0.4 is 10.6 Å². The van der Waals surface area contributed by atoms with Crippen LogP contribution in [-0.4, -0.2) is 29.5 Å². The lowest BCUT2D eigenvalue weighted by Gasteiger charge is -2.29. The first-order chi connectivity index (χ1) is 9.88. The number of hydrogen-bond donors (Lipinski definition) is 1. The molecule has 114 valence electrons. The first-order valence-corrected chi connectivity index (χ1v) is 6.87. The Labute approximate surface area is 122 Å². The lowest BCUT2D eigenvalue weighted by molar-refractivity contribution is -0.383. The second-order valence-electron chi connectivity index (χ2n) is 5.76. The van der Waals surface area contributed by atoms with Gasteiger partial charge in [0.25, 0.3) is 11.7 Å². The molecule has 0 bridgehead atoms. The molecule has 0 saturated heterocycles. The van der Waals surface area contributed by atoms with Gasteiger partial charge in [-0.2, -0.15) is 4.98 Å². The van der Waals surface area contributed by atoms with Crippen LogP contribution in [0.3, 0.4) is 0 Å². The molecular weight excluding hydrogens is 272 g/mol. The van der Waals surface area contributed by atoms with E-state index in [1.54, 1.807) is 12.1 Å². The maximum Gasteiger partial charge on any atom is 0.298 e. The fourth-order valence-electron chi connectivity index (χ4n) is 2.10. The van der Waals surface area contributed by atoms with Crippen molar-refractivity contribution in [1.82, 2.24) is 4.98 Å². The molecule has 0 atom stereocenters. The van der Waals surface area contributed by atoms with Crippen LogP contribution in [0.2, 0.25) is 0 Å². The zero-order valence-electron chi connectivity index (χ0n) is 12.5. The highest BCUT2D eigenvalue weighted by molar-refractivity contribution is 5.84. The molecule has 1 heterocycles. The van der Waals surface area contributed by atoms with E-state index in [4.69, 9.17) is 10.2 Å². The van der Waals surface area contributed by atoms with Gasteiger partial charge in [0.15, 0.2) is 11.1 Å². The minimum atomic E-state index is -0.450. The third-order valence-corrected chi connectivity index (χ3v) is 3.41. The molecule has 2 aromatic rings. The summed E-state index contributed by atoms with van der Waals surface area (Å²) in [7, 11) is 0. The number of nitro groups is 1. The summed E-state index contributed by atoms with van der Waals surface area (Å²) in [5, 5.41) is 11.0. The number of benzene rings is 1. The van der Waals surface area contributed by atoms with E-state index < -0.39 is 4.92 Å². The molecule has 7 nitrogen and oxygen atoms in total. The highest BCUT2D eigenvalue weighted by Gasteiger charge is 2.24. The highest BCUT2D eigenvalue weighted by Crippen LogP contribution is 2.30. The SMILES string of the molecule is CCN(CC(C)(C)CN)c1nc2c([N+](=O)[O-])cccc2o1. The third kappa shape index (κ3) is 3.13. The second kappa shape index (κ2) is 5.69. The van der Waals surface area contributed by atoms with Crippen LogP contribution >= 0.6 is 0 Å². The number of nitrogens with zero attached hydrogens (tertiary/aromatic N) is 3. The molecule has 2 N–H and O–H groups in total. The molecule has 21 heavy (non-hydrogen) atoms. The summed E-state index contributed by atoms with van der Waals surface area (Å²) < 4.78 is 5.67. The van der Waals surface area contributed by atoms with E-state index in [2.05, 4.69) is 18.8 Å². The van der Waals surface area contributed by atoms with Gasteiger partial charge in [-0.15, -0.1) is 0 Å². The molecule has 0 fully saturated rings. The average Bonchev–Trinajstić information content (AvgIpc) is 2.88. The first kappa shape index (κ1) is 15.2. The number of hydrogen-bond acceptors (Lipinski definition) is 6. The number of rotatable bonds is 6. The Morgan fingerprint density at radius 2 is 2.19 bits per heavy atom. The molecule has 0 unspecified atom stereocenters. The van der Waals surface area contributed by atoms with Crippen LogP contribution in [0.25, 0.3) is 11.1 Å². The number of fused-ring (bicyclic) bond motifs is 1. The molecule has 1 aromatic carbocycles. The van der Waals surface area contributed by atoms with E-state index in [-0.39, 0.29) is 16.6 Å². The van der Waals surface area contributed by atoms with Crippen molar-refractivity contribution < 1.29 is 9.34 Å². The number of aromatic nitrogens is 1. The minimum absolute atomic E-state index is 0.0448. The monoisotopic (exact) mass is 292 g/mol. The van der Waals surface area contributed by atoms with Crippen LogP contribution in [0, 0.1) is 15.5 Å². The molecule has 0 radical (unpaired) electrons. The summed E-state index contributed by atoms with van der Waals surface area (Å²) in [6, 6.07) is 5.09. The number of non-ortho nitro benzene ring substituents is 1. The molecular formula is C14H20N4O3. The predicted octanol–water partition coefficient (Wildman–Crippen LogP) is 2.55. The highest BCUT2D eigenvalue weighted by atomic mass is 16.6. The Morgan fingerprint density at radius 3 is 2.76 bits per heavy atom. The van der Waals surface area contributed by atoms with Gasteiger partial charge in [-0.05, 0) is 24.9 Å². The van der Waals surface area contributed by atoms with Gasteiger partial charge in [0, 0.05) is 19.2 Å². The number of nitrogens with two attached hydrogens (primary N) is 1. The topological polar surface area (TPSA) is 98.4 Å². The van der Waals surface area contributed by atoms with Gasteiger partial charge < -0.3 is 15.1 Å². The molecule has 0 aliphatic rings. The van der Waals surface area contributed by atoms with Crippen molar-refractivity contribution in [2.24, 2.45) is 11.1 Å².